The van der Waals surface area contributed by atoms with Crippen LogP contribution in [0.4, 0.5) is 5.69 Å². The Morgan fingerprint density at radius 2 is 1.79 bits per heavy atom. The zero-order chi connectivity index (χ0) is 19.1. The second-order valence-electron chi connectivity index (χ2n) is 6.58. The minimum atomic E-state index is 0. The van der Waals surface area contributed by atoms with Gasteiger partial charge in [-0.05, 0) is 48.2 Å². The normalized spacial score (nSPS) is 14.4. The Hall–Kier alpha value is -1.80. The lowest BCUT2D eigenvalue weighted by atomic mass is 10.1. The fourth-order valence-electron chi connectivity index (χ4n) is 3.11. The lowest BCUT2D eigenvalue weighted by molar-refractivity contribution is -0.119. The zero-order valence-electron chi connectivity index (χ0n) is 16.0. The summed E-state index contributed by atoms with van der Waals surface area (Å²) in [6.45, 7) is 2.12. The topological polar surface area (TPSA) is 56.7 Å². The van der Waals surface area contributed by atoms with E-state index in [0.29, 0.717) is 19.5 Å². The number of anilines is 1. The predicted octanol–water partition coefficient (Wildman–Crippen LogP) is 4.34. The molecule has 1 saturated heterocycles. The third-order valence-electron chi connectivity index (χ3n) is 4.60. The van der Waals surface area contributed by atoms with Crippen LogP contribution in [-0.2, 0) is 17.9 Å². The van der Waals surface area contributed by atoms with Crippen molar-refractivity contribution in [2.45, 2.75) is 32.4 Å². The van der Waals surface area contributed by atoms with E-state index >= 15 is 0 Å². The minimum absolute atomic E-state index is 0. The minimum Gasteiger partial charge on any atom is -0.352 e. The first-order valence-corrected chi connectivity index (χ1v) is 9.62. The maximum atomic E-state index is 12.0. The van der Waals surface area contributed by atoms with Crippen LogP contribution < -0.4 is 15.5 Å². The van der Waals surface area contributed by atoms with Crippen molar-refractivity contribution in [3.05, 3.63) is 64.7 Å². The molecule has 1 aliphatic rings. The number of nitrogens with one attached hydrogen (secondary N) is 2. The standard InChI is InChI=1S/C21H25ClN4O.HI/c1-23-21(25-15-17-5-4-6-18(22)13-17)24-14-16-8-10-19(11-9-16)26-12-3-2-7-20(26)27;/h4-6,8-11,13H,2-3,7,12,14-15H2,1H3,(H2,23,24,25);1H. The first-order chi connectivity index (χ1) is 13.2. The fourth-order valence-corrected chi connectivity index (χ4v) is 3.32. The Labute approximate surface area is 188 Å². The molecule has 1 aliphatic heterocycles. The van der Waals surface area contributed by atoms with Gasteiger partial charge in [0.15, 0.2) is 5.96 Å². The number of carbonyl (C=O) groups is 1. The highest BCUT2D eigenvalue weighted by Crippen LogP contribution is 2.21. The van der Waals surface area contributed by atoms with Gasteiger partial charge in [-0.15, -0.1) is 24.0 Å². The summed E-state index contributed by atoms with van der Waals surface area (Å²) in [4.78, 5) is 18.2. The number of hydrogen-bond acceptors (Lipinski definition) is 2. The number of hydrogen-bond donors (Lipinski definition) is 2. The smallest absolute Gasteiger partial charge is 0.226 e. The molecule has 2 aromatic carbocycles. The summed E-state index contributed by atoms with van der Waals surface area (Å²) in [5, 5.41) is 7.31. The van der Waals surface area contributed by atoms with Gasteiger partial charge in [-0.1, -0.05) is 35.9 Å². The van der Waals surface area contributed by atoms with Gasteiger partial charge in [-0.2, -0.15) is 0 Å². The number of nitrogens with zero attached hydrogens (tertiary/aromatic N) is 2. The molecule has 1 amide bonds. The van der Waals surface area contributed by atoms with Crippen molar-refractivity contribution in [1.82, 2.24) is 10.6 Å². The van der Waals surface area contributed by atoms with Crippen molar-refractivity contribution < 1.29 is 4.79 Å². The van der Waals surface area contributed by atoms with Crippen LogP contribution in [0.15, 0.2) is 53.5 Å². The van der Waals surface area contributed by atoms with E-state index in [1.807, 2.05) is 41.3 Å². The van der Waals surface area contributed by atoms with E-state index in [4.69, 9.17) is 11.6 Å². The van der Waals surface area contributed by atoms with Gasteiger partial charge in [0, 0.05) is 43.8 Å². The van der Waals surface area contributed by atoms with Crippen LogP contribution in [0.1, 0.15) is 30.4 Å². The van der Waals surface area contributed by atoms with Gasteiger partial charge >= 0.3 is 0 Å². The van der Waals surface area contributed by atoms with Gasteiger partial charge in [0.05, 0.1) is 0 Å². The molecule has 28 heavy (non-hydrogen) atoms. The summed E-state index contributed by atoms with van der Waals surface area (Å²) in [5.41, 5.74) is 3.21. The van der Waals surface area contributed by atoms with Gasteiger partial charge in [0.2, 0.25) is 5.91 Å². The molecule has 2 aromatic rings. The van der Waals surface area contributed by atoms with E-state index < -0.39 is 0 Å². The maximum Gasteiger partial charge on any atom is 0.226 e. The number of amides is 1. The van der Waals surface area contributed by atoms with Gasteiger partial charge in [0.25, 0.3) is 0 Å². The van der Waals surface area contributed by atoms with E-state index in [1.54, 1.807) is 7.05 Å². The van der Waals surface area contributed by atoms with Crippen molar-refractivity contribution >= 4 is 53.1 Å². The van der Waals surface area contributed by atoms with Crippen LogP contribution in [0.3, 0.4) is 0 Å². The first-order valence-electron chi connectivity index (χ1n) is 9.24. The van der Waals surface area contributed by atoms with Crippen molar-refractivity contribution in [2.24, 2.45) is 4.99 Å². The van der Waals surface area contributed by atoms with Crippen LogP contribution in [0.25, 0.3) is 0 Å². The summed E-state index contributed by atoms with van der Waals surface area (Å²) in [6, 6.07) is 15.9. The van der Waals surface area contributed by atoms with Gasteiger partial charge in [-0.25, -0.2) is 0 Å². The summed E-state index contributed by atoms with van der Waals surface area (Å²) >= 11 is 6.01. The molecular weight excluding hydrogens is 487 g/mol. The van der Waals surface area contributed by atoms with E-state index in [-0.39, 0.29) is 29.9 Å². The van der Waals surface area contributed by atoms with Crippen LogP contribution in [0.2, 0.25) is 5.02 Å². The summed E-state index contributed by atoms with van der Waals surface area (Å²) in [5.74, 6) is 0.947. The molecule has 1 heterocycles. The Morgan fingerprint density at radius 1 is 1.07 bits per heavy atom. The Bertz CT molecular complexity index is 810. The fraction of sp³-hybridized carbons (Fsp3) is 0.333. The summed E-state index contributed by atoms with van der Waals surface area (Å²) in [7, 11) is 1.75. The molecular formula is C21H26ClIN4O. The predicted molar refractivity (Wildman–Crippen MR) is 127 cm³/mol. The zero-order valence-corrected chi connectivity index (χ0v) is 19.0. The highest BCUT2D eigenvalue weighted by molar-refractivity contribution is 14.0. The molecule has 0 unspecified atom stereocenters. The monoisotopic (exact) mass is 512 g/mol. The third kappa shape index (κ3) is 6.38. The second kappa shape index (κ2) is 11.3. The van der Waals surface area contributed by atoms with Gasteiger partial charge in [0.1, 0.15) is 0 Å². The molecule has 150 valence electrons. The molecule has 0 aliphatic carbocycles. The number of aliphatic imine (C=N–C) groups is 1. The molecule has 0 spiro atoms. The molecule has 0 radical (unpaired) electrons. The second-order valence-corrected chi connectivity index (χ2v) is 7.01. The molecule has 1 fully saturated rings. The number of piperidine rings is 1. The quantitative estimate of drug-likeness (QED) is 0.356. The molecule has 7 heteroatoms. The van der Waals surface area contributed by atoms with Crippen molar-refractivity contribution in [3.8, 4) is 0 Å². The van der Waals surface area contributed by atoms with Crippen molar-refractivity contribution in [2.75, 3.05) is 18.5 Å². The summed E-state index contributed by atoms with van der Waals surface area (Å²) in [6.07, 6.45) is 2.72. The van der Waals surface area contributed by atoms with Crippen LogP contribution >= 0.6 is 35.6 Å². The Kier molecular flexibility index (Phi) is 9.05. The first kappa shape index (κ1) is 22.5. The highest BCUT2D eigenvalue weighted by Gasteiger charge is 2.19. The third-order valence-corrected chi connectivity index (χ3v) is 4.84. The SMILES string of the molecule is CN=C(NCc1ccc(N2CCCCC2=O)cc1)NCc1cccc(Cl)c1.I. The number of benzene rings is 2. The molecule has 3 rings (SSSR count). The molecule has 0 saturated carbocycles. The lowest BCUT2D eigenvalue weighted by Crippen LogP contribution is -2.36. The number of rotatable bonds is 5. The average molecular weight is 513 g/mol. The van der Waals surface area contributed by atoms with E-state index in [0.717, 1.165) is 47.2 Å². The van der Waals surface area contributed by atoms with Crippen molar-refractivity contribution in [1.29, 1.82) is 0 Å². The maximum absolute atomic E-state index is 12.0. The highest BCUT2D eigenvalue weighted by atomic mass is 127. The molecule has 0 bridgehead atoms. The number of halogens is 2. The van der Waals surface area contributed by atoms with Crippen molar-refractivity contribution in [3.63, 3.8) is 0 Å². The van der Waals surface area contributed by atoms with Crippen LogP contribution in [0, 0.1) is 0 Å². The van der Waals surface area contributed by atoms with Crippen LogP contribution in [-0.4, -0.2) is 25.5 Å². The van der Waals surface area contributed by atoms with E-state index in [2.05, 4.69) is 27.8 Å². The van der Waals surface area contributed by atoms with Gasteiger partial charge in [-0.3, -0.25) is 9.79 Å². The molecule has 0 aromatic heterocycles. The average Bonchev–Trinajstić information content (AvgIpc) is 2.69. The Balaban J connectivity index is 0.00000280. The summed E-state index contributed by atoms with van der Waals surface area (Å²) < 4.78 is 0. The van der Waals surface area contributed by atoms with E-state index in [1.165, 1.54) is 0 Å². The van der Waals surface area contributed by atoms with E-state index in [9.17, 15) is 4.79 Å². The molecule has 0 atom stereocenters. The number of carbonyl (C=O) groups excluding carboxylic acids is 1. The largest absolute Gasteiger partial charge is 0.352 e. The van der Waals surface area contributed by atoms with Gasteiger partial charge < -0.3 is 15.5 Å². The Morgan fingerprint density at radius 3 is 2.43 bits per heavy atom. The number of guanidine groups is 1. The molecule has 5 nitrogen and oxygen atoms in total. The lowest BCUT2D eigenvalue weighted by Gasteiger charge is -2.26. The van der Waals surface area contributed by atoms with Crippen LogP contribution in [0.5, 0.6) is 0 Å². The molecule has 2 N–H and O–H groups in total.